The van der Waals surface area contributed by atoms with Crippen molar-refractivity contribution in [3.63, 3.8) is 0 Å². The van der Waals surface area contributed by atoms with Gasteiger partial charge >= 0.3 is 5.97 Å². The van der Waals surface area contributed by atoms with E-state index in [-0.39, 0.29) is 22.6 Å². The van der Waals surface area contributed by atoms with Crippen molar-refractivity contribution in [3.05, 3.63) is 0 Å². The van der Waals surface area contributed by atoms with Gasteiger partial charge in [-0.2, -0.15) is 5.10 Å². The van der Waals surface area contributed by atoms with E-state index in [1.807, 2.05) is 20.8 Å². The molecule has 17 heavy (non-hydrogen) atoms. The third-order valence-corrected chi connectivity index (χ3v) is 2.75. The van der Waals surface area contributed by atoms with Gasteiger partial charge in [-0.1, -0.05) is 0 Å². The molecule has 0 spiro atoms. The SMILES string of the molecule is CC(CC[C@H]1CC(C)(C)OC1=O)=NNC(N)=S. The molecule has 96 valence electrons. The summed E-state index contributed by atoms with van der Waals surface area (Å²) >= 11 is 4.64. The second-order valence-corrected chi connectivity index (χ2v) is 5.38. The number of esters is 1. The van der Waals surface area contributed by atoms with Gasteiger partial charge in [0.2, 0.25) is 0 Å². The van der Waals surface area contributed by atoms with Crippen LogP contribution in [-0.4, -0.2) is 22.4 Å². The molecule has 1 aliphatic rings. The number of rotatable bonds is 4. The zero-order valence-corrected chi connectivity index (χ0v) is 11.3. The molecule has 0 aliphatic carbocycles. The number of carbonyl (C=O) groups excluding carboxylic acids is 1. The van der Waals surface area contributed by atoms with Crippen LogP contribution in [0.2, 0.25) is 0 Å². The Labute approximate surface area is 107 Å². The van der Waals surface area contributed by atoms with Crippen LogP contribution in [0, 0.1) is 5.92 Å². The van der Waals surface area contributed by atoms with Crippen LogP contribution in [0.3, 0.4) is 0 Å². The fourth-order valence-electron chi connectivity index (χ4n) is 1.88. The fraction of sp³-hybridized carbons (Fsp3) is 0.727. The first-order valence-corrected chi connectivity index (χ1v) is 6.02. The Balaban J connectivity index is 2.39. The molecule has 3 N–H and O–H groups in total. The summed E-state index contributed by atoms with van der Waals surface area (Å²) in [6.45, 7) is 5.73. The van der Waals surface area contributed by atoms with E-state index < -0.39 is 0 Å². The van der Waals surface area contributed by atoms with E-state index >= 15 is 0 Å². The van der Waals surface area contributed by atoms with Gasteiger partial charge in [0.15, 0.2) is 5.11 Å². The first kappa shape index (κ1) is 13.9. The second kappa shape index (κ2) is 5.44. The van der Waals surface area contributed by atoms with E-state index in [1.165, 1.54) is 0 Å². The van der Waals surface area contributed by atoms with Crippen LogP contribution in [0.4, 0.5) is 0 Å². The highest BCUT2D eigenvalue weighted by Crippen LogP contribution is 2.32. The van der Waals surface area contributed by atoms with Crippen molar-refractivity contribution in [3.8, 4) is 0 Å². The molecule has 5 nitrogen and oxygen atoms in total. The van der Waals surface area contributed by atoms with Crippen LogP contribution in [-0.2, 0) is 9.53 Å². The van der Waals surface area contributed by atoms with Crippen molar-refractivity contribution < 1.29 is 9.53 Å². The summed E-state index contributed by atoms with van der Waals surface area (Å²) in [5, 5.41) is 4.14. The van der Waals surface area contributed by atoms with Gasteiger partial charge in [0.25, 0.3) is 0 Å². The largest absolute Gasteiger partial charge is 0.459 e. The normalized spacial score (nSPS) is 23.4. The van der Waals surface area contributed by atoms with Crippen molar-refractivity contribution in [1.82, 2.24) is 5.43 Å². The van der Waals surface area contributed by atoms with Gasteiger partial charge < -0.3 is 10.5 Å². The van der Waals surface area contributed by atoms with E-state index in [4.69, 9.17) is 10.5 Å². The summed E-state index contributed by atoms with van der Waals surface area (Å²) in [4.78, 5) is 11.6. The van der Waals surface area contributed by atoms with Crippen molar-refractivity contribution in [1.29, 1.82) is 0 Å². The number of nitrogens with zero attached hydrogens (tertiary/aromatic N) is 1. The number of hydrogen-bond donors (Lipinski definition) is 2. The molecule has 1 heterocycles. The zero-order valence-electron chi connectivity index (χ0n) is 10.4. The average Bonchev–Trinajstić information content (AvgIpc) is 2.45. The molecule has 0 radical (unpaired) electrons. The molecule has 0 bridgehead atoms. The minimum Gasteiger partial charge on any atom is -0.459 e. The number of ether oxygens (including phenoxy) is 1. The number of thiocarbonyl (C=S) groups is 1. The third-order valence-electron chi connectivity index (χ3n) is 2.66. The van der Waals surface area contributed by atoms with Gasteiger partial charge in [-0.05, 0) is 52.3 Å². The molecule has 0 aromatic heterocycles. The molecular weight excluding hydrogens is 238 g/mol. The molecule has 0 aromatic carbocycles. The maximum atomic E-state index is 11.6. The van der Waals surface area contributed by atoms with Crippen LogP contribution in [0.25, 0.3) is 0 Å². The molecule has 1 saturated heterocycles. The predicted octanol–water partition coefficient (Wildman–Crippen LogP) is 1.32. The van der Waals surface area contributed by atoms with Gasteiger partial charge in [-0.25, -0.2) is 0 Å². The fourth-order valence-corrected chi connectivity index (χ4v) is 1.93. The minimum absolute atomic E-state index is 0.0278. The monoisotopic (exact) mass is 257 g/mol. The van der Waals surface area contributed by atoms with Crippen LogP contribution < -0.4 is 11.2 Å². The lowest BCUT2D eigenvalue weighted by Gasteiger charge is -2.14. The topological polar surface area (TPSA) is 76.7 Å². The molecule has 1 fully saturated rings. The molecular formula is C11H19N3O2S. The van der Waals surface area contributed by atoms with Gasteiger partial charge in [0.05, 0.1) is 5.92 Å². The number of nitrogens with two attached hydrogens (primary N) is 1. The summed E-state index contributed by atoms with van der Waals surface area (Å²) < 4.78 is 5.26. The third kappa shape index (κ3) is 4.68. The maximum absolute atomic E-state index is 11.6. The number of nitrogens with one attached hydrogen (secondary N) is 1. The molecule has 0 aromatic rings. The Morgan fingerprint density at radius 1 is 1.71 bits per heavy atom. The zero-order chi connectivity index (χ0) is 13.1. The molecule has 1 rings (SSSR count). The van der Waals surface area contributed by atoms with E-state index in [1.54, 1.807) is 0 Å². The van der Waals surface area contributed by atoms with E-state index in [0.717, 1.165) is 25.0 Å². The van der Waals surface area contributed by atoms with E-state index in [0.29, 0.717) is 0 Å². The molecule has 6 heteroatoms. The molecule has 0 amide bonds. The van der Waals surface area contributed by atoms with Crippen LogP contribution in [0.15, 0.2) is 5.10 Å². The molecule has 0 unspecified atom stereocenters. The van der Waals surface area contributed by atoms with Crippen LogP contribution >= 0.6 is 12.2 Å². The highest BCUT2D eigenvalue weighted by atomic mass is 32.1. The quantitative estimate of drug-likeness (QED) is 0.344. The Bertz CT molecular complexity index is 353. The Hall–Kier alpha value is -1.17. The highest BCUT2D eigenvalue weighted by molar-refractivity contribution is 7.80. The van der Waals surface area contributed by atoms with E-state index in [2.05, 4.69) is 22.7 Å². The Morgan fingerprint density at radius 2 is 2.35 bits per heavy atom. The van der Waals surface area contributed by atoms with Crippen LogP contribution in [0.5, 0.6) is 0 Å². The van der Waals surface area contributed by atoms with Crippen molar-refractivity contribution in [2.45, 2.75) is 45.6 Å². The van der Waals surface area contributed by atoms with E-state index in [9.17, 15) is 4.79 Å². The lowest BCUT2D eigenvalue weighted by molar-refractivity contribution is -0.148. The number of carbonyl (C=O) groups is 1. The van der Waals surface area contributed by atoms with Gasteiger partial charge in [0, 0.05) is 5.71 Å². The van der Waals surface area contributed by atoms with Gasteiger partial charge in [-0.3, -0.25) is 10.2 Å². The number of hydrazone groups is 1. The van der Waals surface area contributed by atoms with Crippen molar-refractivity contribution in [2.24, 2.45) is 16.8 Å². The lowest BCUT2D eigenvalue weighted by Crippen LogP contribution is -2.25. The molecule has 0 saturated carbocycles. The Kier molecular flexibility index (Phi) is 4.45. The standard InChI is InChI=1S/C11H19N3O2S/c1-7(13-14-10(12)17)4-5-8-6-11(2,3)16-9(8)15/h8H,4-6H2,1-3H3,(H3,12,14,17)/t8-/m0/s1. The van der Waals surface area contributed by atoms with Crippen molar-refractivity contribution >= 4 is 29.0 Å². The second-order valence-electron chi connectivity index (χ2n) is 4.94. The first-order valence-electron chi connectivity index (χ1n) is 5.61. The molecule has 1 aliphatic heterocycles. The Morgan fingerprint density at radius 3 is 2.82 bits per heavy atom. The number of hydrogen-bond acceptors (Lipinski definition) is 4. The maximum Gasteiger partial charge on any atom is 0.309 e. The minimum atomic E-state index is -0.329. The van der Waals surface area contributed by atoms with Crippen molar-refractivity contribution in [2.75, 3.05) is 0 Å². The predicted molar refractivity (Wildman–Crippen MR) is 70.5 cm³/mol. The summed E-state index contributed by atoms with van der Waals surface area (Å²) in [6, 6.07) is 0. The summed E-state index contributed by atoms with van der Waals surface area (Å²) in [7, 11) is 0. The summed E-state index contributed by atoms with van der Waals surface area (Å²) in [6.07, 6.45) is 2.24. The summed E-state index contributed by atoms with van der Waals surface area (Å²) in [5.74, 6) is -0.134. The van der Waals surface area contributed by atoms with Gasteiger partial charge in [-0.15, -0.1) is 0 Å². The first-order chi connectivity index (χ1) is 7.80. The summed E-state index contributed by atoms with van der Waals surface area (Å²) in [5.41, 5.74) is 8.33. The highest BCUT2D eigenvalue weighted by Gasteiger charge is 2.39. The molecule has 1 atom stereocenters. The lowest BCUT2D eigenvalue weighted by atomic mass is 9.93. The van der Waals surface area contributed by atoms with Gasteiger partial charge in [0.1, 0.15) is 5.60 Å². The number of cyclic esters (lactones) is 1. The van der Waals surface area contributed by atoms with Crippen LogP contribution in [0.1, 0.15) is 40.0 Å². The smallest absolute Gasteiger partial charge is 0.309 e. The average molecular weight is 257 g/mol.